The van der Waals surface area contributed by atoms with Crippen LogP contribution in [0.3, 0.4) is 0 Å². The summed E-state index contributed by atoms with van der Waals surface area (Å²) in [5, 5.41) is 0. The van der Waals surface area contributed by atoms with Crippen LogP contribution in [0, 0.1) is 5.92 Å². The third-order valence-electron chi connectivity index (χ3n) is 6.26. The van der Waals surface area contributed by atoms with Gasteiger partial charge in [0.15, 0.2) is 0 Å². The number of piperidine rings is 1. The molecule has 2 aromatic carbocycles. The van der Waals surface area contributed by atoms with Gasteiger partial charge in [0.1, 0.15) is 0 Å². The fourth-order valence-corrected chi connectivity index (χ4v) is 4.63. The van der Waals surface area contributed by atoms with Crippen LogP contribution in [-0.2, 0) is 0 Å². The lowest BCUT2D eigenvalue weighted by atomic mass is 9.76. The topological polar surface area (TPSA) is 6.48 Å². The van der Waals surface area contributed by atoms with Crippen LogP contribution in [0.15, 0.2) is 60.7 Å². The molecule has 1 aliphatic rings. The van der Waals surface area contributed by atoms with Gasteiger partial charge in [0.05, 0.1) is 0 Å². The van der Waals surface area contributed by atoms with Crippen molar-refractivity contribution in [1.29, 1.82) is 0 Å². The number of likely N-dealkylation sites (tertiary alicyclic amines) is 1. The summed E-state index contributed by atoms with van der Waals surface area (Å²) in [7, 11) is 0. The van der Waals surface area contributed by atoms with Gasteiger partial charge in [-0.15, -0.1) is 0 Å². The molecule has 2 aromatic rings. The van der Waals surface area contributed by atoms with Gasteiger partial charge in [0, 0.05) is 5.92 Å². The van der Waals surface area contributed by atoms with Gasteiger partial charge in [-0.1, -0.05) is 74.5 Å². The van der Waals surface area contributed by atoms with E-state index in [2.05, 4.69) is 84.3 Å². The molecule has 3 rings (SSSR count). The van der Waals surface area contributed by atoms with Crippen LogP contribution in [0.2, 0.25) is 0 Å². The van der Waals surface area contributed by atoms with E-state index in [4.69, 9.17) is 0 Å². The molecule has 0 N–H and O–H groups in total. The highest BCUT2D eigenvalue weighted by atomic mass is 15.1. The third kappa shape index (κ3) is 5.67. The summed E-state index contributed by atoms with van der Waals surface area (Å²) in [6.45, 7) is 11.9. The maximum Gasteiger partial charge on any atom is 0.0119 e. The minimum atomic E-state index is 0.533. The Morgan fingerprint density at radius 2 is 1.37 bits per heavy atom. The van der Waals surface area contributed by atoms with Crippen molar-refractivity contribution in [1.82, 2.24) is 9.80 Å². The molecule has 1 heterocycles. The van der Waals surface area contributed by atoms with E-state index in [1.807, 2.05) is 0 Å². The van der Waals surface area contributed by atoms with E-state index >= 15 is 0 Å². The Morgan fingerprint density at radius 3 is 1.85 bits per heavy atom. The lowest BCUT2D eigenvalue weighted by molar-refractivity contribution is 0.165. The highest BCUT2D eigenvalue weighted by Crippen LogP contribution is 2.37. The second kappa shape index (κ2) is 10.6. The zero-order chi connectivity index (χ0) is 18.9. The molecule has 2 nitrogen and oxygen atoms in total. The first-order valence-corrected chi connectivity index (χ1v) is 10.9. The molecule has 27 heavy (non-hydrogen) atoms. The first kappa shape index (κ1) is 20.1. The average Bonchev–Trinajstić information content (AvgIpc) is 2.74. The maximum absolute atomic E-state index is 2.69. The molecule has 0 aliphatic carbocycles. The summed E-state index contributed by atoms with van der Waals surface area (Å²) < 4.78 is 0. The molecule has 1 saturated heterocycles. The highest BCUT2D eigenvalue weighted by molar-refractivity contribution is 5.33. The van der Waals surface area contributed by atoms with Crippen molar-refractivity contribution in [3.63, 3.8) is 0 Å². The van der Waals surface area contributed by atoms with Crippen molar-refractivity contribution in [2.45, 2.75) is 39.0 Å². The molecular weight excluding hydrogens is 328 g/mol. The third-order valence-corrected chi connectivity index (χ3v) is 6.26. The van der Waals surface area contributed by atoms with Crippen molar-refractivity contribution in [2.24, 2.45) is 5.92 Å². The molecule has 146 valence electrons. The summed E-state index contributed by atoms with van der Waals surface area (Å²) in [5.41, 5.74) is 2.95. The monoisotopic (exact) mass is 364 g/mol. The van der Waals surface area contributed by atoms with Crippen molar-refractivity contribution in [2.75, 3.05) is 39.3 Å². The van der Waals surface area contributed by atoms with Gasteiger partial charge in [-0.3, -0.25) is 0 Å². The van der Waals surface area contributed by atoms with E-state index in [-0.39, 0.29) is 0 Å². The first-order chi connectivity index (χ1) is 13.3. The Hall–Kier alpha value is -1.64. The van der Waals surface area contributed by atoms with Crippen LogP contribution in [0.4, 0.5) is 0 Å². The lowest BCUT2D eigenvalue weighted by Gasteiger charge is -2.37. The first-order valence-electron chi connectivity index (χ1n) is 10.9. The van der Waals surface area contributed by atoms with Crippen molar-refractivity contribution in [3.05, 3.63) is 71.8 Å². The van der Waals surface area contributed by atoms with Crippen LogP contribution < -0.4 is 0 Å². The quantitative estimate of drug-likeness (QED) is 0.598. The minimum Gasteiger partial charge on any atom is -0.304 e. The zero-order valence-electron chi connectivity index (χ0n) is 17.2. The van der Waals surface area contributed by atoms with Gasteiger partial charge in [-0.05, 0) is 75.6 Å². The summed E-state index contributed by atoms with van der Waals surface area (Å²) in [6.07, 6.45) is 3.91. The number of rotatable bonds is 9. The Bertz CT molecular complexity index is 588. The van der Waals surface area contributed by atoms with Crippen LogP contribution in [0.5, 0.6) is 0 Å². The molecule has 0 saturated carbocycles. The summed E-state index contributed by atoms with van der Waals surface area (Å²) >= 11 is 0. The smallest absolute Gasteiger partial charge is 0.0119 e. The van der Waals surface area contributed by atoms with Gasteiger partial charge in [-0.2, -0.15) is 0 Å². The van der Waals surface area contributed by atoms with E-state index < -0.39 is 0 Å². The van der Waals surface area contributed by atoms with E-state index in [1.165, 1.54) is 69.7 Å². The van der Waals surface area contributed by atoms with Crippen molar-refractivity contribution in [3.8, 4) is 0 Å². The zero-order valence-corrected chi connectivity index (χ0v) is 17.2. The Labute approximate surface area is 166 Å². The average molecular weight is 365 g/mol. The molecule has 2 heteroatoms. The van der Waals surface area contributed by atoms with E-state index in [1.54, 1.807) is 0 Å². The van der Waals surface area contributed by atoms with Gasteiger partial charge in [0.25, 0.3) is 0 Å². The fourth-order valence-electron chi connectivity index (χ4n) is 4.63. The van der Waals surface area contributed by atoms with E-state index in [0.29, 0.717) is 5.92 Å². The van der Waals surface area contributed by atoms with Crippen molar-refractivity contribution >= 4 is 0 Å². The van der Waals surface area contributed by atoms with Crippen LogP contribution >= 0.6 is 0 Å². The van der Waals surface area contributed by atoms with E-state index in [9.17, 15) is 0 Å². The number of hydrogen-bond donors (Lipinski definition) is 0. The molecule has 0 bridgehead atoms. The van der Waals surface area contributed by atoms with Crippen LogP contribution in [0.1, 0.15) is 50.2 Å². The molecule has 0 amide bonds. The predicted molar refractivity (Wildman–Crippen MR) is 116 cm³/mol. The maximum atomic E-state index is 2.69. The molecule has 1 fully saturated rings. The Balaban J connectivity index is 1.59. The Morgan fingerprint density at radius 1 is 0.852 bits per heavy atom. The minimum absolute atomic E-state index is 0.533. The van der Waals surface area contributed by atoms with Crippen molar-refractivity contribution < 1.29 is 0 Å². The van der Waals surface area contributed by atoms with Gasteiger partial charge < -0.3 is 9.80 Å². The molecule has 1 aliphatic heterocycles. The summed E-state index contributed by atoms with van der Waals surface area (Å²) in [6, 6.07) is 22.3. The lowest BCUT2D eigenvalue weighted by Crippen LogP contribution is -2.37. The van der Waals surface area contributed by atoms with Crippen LogP contribution in [-0.4, -0.2) is 49.1 Å². The van der Waals surface area contributed by atoms with Gasteiger partial charge >= 0.3 is 0 Å². The number of hydrogen-bond acceptors (Lipinski definition) is 2. The summed E-state index contributed by atoms with van der Waals surface area (Å²) in [4.78, 5) is 5.22. The van der Waals surface area contributed by atoms with E-state index in [0.717, 1.165) is 5.92 Å². The van der Waals surface area contributed by atoms with Gasteiger partial charge in [-0.25, -0.2) is 0 Å². The van der Waals surface area contributed by atoms with Crippen LogP contribution in [0.25, 0.3) is 0 Å². The summed E-state index contributed by atoms with van der Waals surface area (Å²) in [5.74, 6) is 1.28. The molecule has 0 atom stereocenters. The molecule has 0 aromatic heterocycles. The molecule has 0 unspecified atom stereocenters. The predicted octanol–water partition coefficient (Wildman–Crippen LogP) is 5.26. The largest absolute Gasteiger partial charge is 0.304 e. The highest BCUT2D eigenvalue weighted by Gasteiger charge is 2.28. The van der Waals surface area contributed by atoms with Gasteiger partial charge in [0.2, 0.25) is 0 Å². The SMILES string of the molecule is CCN(CC)CCCN1CCC(C(c2ccccc2)c2ccccc2)CC1. The standard InChI is InChI=1S/C25H36N2/c1-3-26(4-2)18-11-19-27-20-16-24(17-21-27)25(22-12-7-5-8-13-22)23-14-9-6-10-15-23/h5-10,12-15,24-25H,3-4,11,16-21H2,1-2H3. The number of nitrogens with zero attached hydrogens (tertiary/aromatic N) is 2. The molecule has 0 spiro atoms. The molecular formula is C25H36N2. The second-order valence-electron chi connectivity index (χ2n) is 7.86. The fraction of sp³-hybridized carbons (Fsp3) is 0.520. The second-order valence-corrected chi connectivity index (χ2v) is 7.86. The normalized spacial score (nSPS) is 16.3. The Kier molecular flexibility index (Phi) is 7.92. The number of benzene rings is 2. The molecule has 0 radical (unpaired) electrons.